The van der Waals surface area contributed by atoms with Crippen molar-refractivity contribution >= 4 is 11.6 Å². The molecule has 1 aliphatic heterocycles. The van der Waals surface area contributed by atoms with Crippen LogP contribution in [0.2, 0.25) is 0 Å². The minimum absolute atomic E-state index is 0.00374. The molecule has 0 spiro atoms. The Hall–Kier alpha value is -2.28. The summed E-state index contributed by atoms with van der Waals surface area (Å²) < 4.78 is 1.59. The maximum atomic E-state index is 12.2. The van der Waals surface area contributed by atoms with Gasteiger partial charge in [-0.3, -0.25) is 4.79 Å². The van der Waals surface area contributed by atoms with Gasteiger partial charge in [-0.2, -0.15) is 0 Å². The van der Waals surface area contributed by atoms with Crippen molar-refractivity contribution in [2.45, 2.75) is 13.8 Å². The van der Waals surface area contributed by atoms with Crippen molar-refractivity contribution in [2.24, 2.45) is 11.8 Å². The van der Waals surface area contributed by atoms with E-state index in [1.165, 1.54) is 6.33 Å². The molecule has 1 atom stereocenters. The fraction of sp³-hybridized carbons (Fsp3) is 0.429. The molecular formula is C14H18N6O. The Labute approximate surface area is 122 Å². The molecule has 21 heavy (non-hydrogen) atoms. The second-order valence-electron chi connectivity index (χ2n) is 5.45. The fourth-order valence-corrected chi connectivity index (χ4v) is 2.34. The highest BCUT2D eigenvalue weighted by molar-refractivity contribution is 5.93. The molecule has 2 N–H and O–H groups in total. The lowest BCUT2D eigenvalue weighted by atomic mass is 9.88. The van der Waals surface area contributed by atoms with Gasteiger partial charge in [0, 0.05) is 11.6 Å². The quantitative estimate of drug-likeness (QED) is 0.867. The Morgan fingerprint density at radius 2 is 2.29 bits per heavy atom. The normalized spacial score (nSPS) is 16.3. The standard InChI is InChI=1S/C14H18N6O/c1-9-3-4-12(5-13(9)20-8-16-18-19-20)17-14(21)10(2)11-6-15-7-11/h3-5,8,10-11,15H,6-7H2,1-2H3,(H,17,21). The lowest BCUT2D eigenvalue weighted by Crippen LogP contribution is -2.48. The Bertz CT molecular complexity index is 635. The maximum absolute atomic E-state index is 12.2. The molecule has 0 bridgehead atoms. The number of tetrazole rings is 1. The molecule has 1 amide bonds. The molecule has 3 rings (SSSR count). The van der Waals surface area contributed by atoms with E-state index in [2.05, 4.69) is 26.2 Å². The Morgan fingerprint density at radius 3 is 2.90 bits per heavy atom. The number of hydrogen-bond donors (Lipinski definition) is 2. The van der Waals surface area contributed by atoms with Gasteiger partial charge in [0.1, 0.15) is 6.33 Å². The van der Waals surface area contributed by atoms with Gasteiger partial charge in [0.05, 0.1) is 5.69 Å². The maximum Gasteiger partial charge on any atom is 0.227 e. The monoisotopic (exact) mass is 286 g/mol. The molecule has 7 nitrogen and oxygen atoms in total. The SMILES string of the molecule is Cc1ccc(NC(=O)C(C)C2CNC2)cc1-n1cnnn1. The van der Waals surface area contributed by atoms with Gasteiger partial charge in [-0.25, -0.2) is 4.68 Å². The van der Waals surface area contributed by atoms with Crippen molar-refractivity contribution in [1.82, 2.24) is 25.5 Å². The molecular weight excluding hydrogens is 268 g/mol. The molecule has 1 fully saturated rings. The summed E-state index contributed by atoms with van der Waals surface area (Å²) in [5.74, 6) is 0.478. The minimum atomic E-state index is 0.00374. The lowest BCUT2D eigenvalue weighted by Gasteiger charge is -2.31. The van der Waals surface area contributed by atoms with Crippen LogP contribution >= 0.6 is 0 Å². The van der Waals surface area contributed by atoms with Gasteiger partial charge in [0.25, 0.3) is 0 Å². The highest BCUT2D eigenvalue weighted by atomic mass is 16.1. The van der Waals surface area contributed by atoms with E-state index in [9.17, 15) is 4.79 Å². The molecule has 2 heterocycles. The molecule has 110 valence electrons. The van der Waals surface area contributed by atoms with E-state index < -0.39 is 0 Å². The van der Waals surface area contributed by atoms with Crippen LogP contribution in [0.1, 0.15) is 12.5 Å². The molecule has 1 unspecified atom stereocenters. The highest BCUT2D eigenvalue weighted by Gasteiger charge is 2.28. The van der Waals surface area contributed by atoms with Gasteiger partial charge in [-0.1, -0.05) is 13.0 Å². The molecule has 0 saturated carbocycles. The van der Waals surface area contributed by atoms with Crippen LogP contribution in [-0.4, -0.2) is 39.2 Å². The Kier molecular flexibility index (Phi) is 3.66. The summed E-state index contributed by atoms with van der Waals surface area (Å²) in [4.78, 5) is 12.2. The first-order valence-electron chi connectivity index (χ1n) is 7.01. The average molecular weight is 286 g/mol. The summed E-state index contributed by atoms with van der Waals surface area (Å²) in [7, 11) is 0. The van der Waals surface area contributed by atoms with E-state index in [-0.39, 0.29) is 11.8 Å². The van der Waals surface area contributed by atoms with Crippen LogP contribution in [0.25, 0.3) is 5.69 Å². The summed E-state index contributed by atoms with van der Waals surface area (Å²) in [5.41, 5.74) is 2.66. The summed E-state index contributed by atoms with van der Waals surface area (Å²) in [6.07, 6.45) is 1.54. The summed E-state index contributed by atoms with van der Waals surface area (Å²) in [6.45, 7) is 5.78. The van der Waals surface area contributed by atoms with E-state index in [0.717, 1.165) is 30.0 Å². The third kappa shape index (κ3) is 2.78. The van der Waals surface area contributed by atoms with E-state index >= 15 is 0 Å². The number of rotatable bonds is 4. The number of aryl methyl sites for hydroxylation is 1. The molecule has 0 radical (unpaired) electrons. The largest absolute Gasteiger partial charge is 0.326 e. The molecule has 2 aromatic rings. The summed E-state index contributed by atoms with van der Waals surface area (Å²) in [5, 5.41) is 17.3. The Morgan fingerprint density at radius 1 is 1.48 bits per heavy atom. The van der Waals surface area contributed by atoms with E-state index in [1.54, 1.807) is 4.68 Å². The van der Waals surface area contributed by atoms with E-state index in [1.807, 2.05) is 32.0 Å². The number of nitrogens with one attached hydrogen (secondary N) is 2. The highest BCUT2D eigenvalue weighted by Crippen LogP contribution is 2.21. The third-order valence-corrected chi connectivity index (χ3v) is 4.01. The number of benzene rings is 1. The van der Waals surface area contributed by atoms with E-state index in [0.29, 0.717) is 5.92 Å². The zero-order valence-corrected chi connectivity index (χ0v) is 12.1. The van der Waals surface area contributed by atoms with Gasteiger partial charge in [0.2, 0.25) is 5.91 Å². The summed E-state index contributed by atoms with van der Waals surface area (Å²) in [6, 6.07) is 5.73. The number of carbonyl (C=O) groups is 1. The van der Waals surface area contributed by atoms with Crippen molar-refractivity contribution in [3.8, 4) is 5.69 Å². The first-order valence-corrected chi connectivity index (χ1v) is 7.01. The van der Waals surface area contributed by atoms with Crippen molar-refractivity contribution in [2.75, 3.05) is 18.4 Å². The van der Waals surface area contributed by atoms with Gasteiger partial charge in [0.15, 0.2) is 0 Å². The smallest absolute Gasteiger partial charge is 0.227 e. The molecule has 1 aromatic heterocycles. The second-order valence-corrected chi connectivity index (χ2v) is 5.45. The molecule has 1 aromatic carbocycles. The topological polar surface area (TPSA) is 84.7 Å². The predicted octanol–water partition coefficient (Wildman–Crippen LogP) is 0.765. The first-order chi connectivity index (χ1) is 10.1. The van der Waals surface area contributed by atoms with Gasteiger partial charge in [-0.15, -0.1) is 5.10 Å². The zero-order valence-electron chi connectivity index (χ0n) is 12.1. The minimum Gasteiger partial charge on any atom is -0.326 e. The predicted molar refractivity (Wildman–Crippen MR) is 78.0 cm³/mol. The van der Waals surface area contributed by atoms with E-state index in [4.69, 9.17) is 0 Å². The number of hydrogen-bond acceptors (Lipinski definition) is 5. The van der Waals surface area contributed by atoms with Crippen LogP contribution in [-0.2, 0) is 4.79 Å². The fourth-order valence-electron chi connectivity index (χ4n) is 2.34. The van der Waals surface area contributed by atoms with Crippen LogP contribution in [0.4, 0.5) is 5.69 Å². The second kappa shape index (κ2) is 5.61. The Balaban J connectivity index is 1.76. The molecule has 1 aliphatic rings. The van der Waals surface area contributed by atoms with Crippen molar-refractivity contribution < 1.29 is 4.79 Å². The van der Waals surface area contributed by atoms with Crippen LogP contribution in [0, 0.1) is 18.8 Å². The van der Waals surface area contributed by atoms with Crippen LogP contribution in [0.5, 0.6) is 0 Å². The average Bonchev–Trinajstić information content (AvgIpc) is 2.92. The van der Waals surface area contributed by atoms with Crippen molar-refractivity contribution in [3.63, 3.8) is 0 Å². The number of aromatic nitrogens is 4. The number of amides is 1. The number of nitrogens with zero attached hydrogens (tertiary/aromatic N) is 4. The van der Waals surface area contributed by atoms with Crippen molar-refractivity contribution in [3.05, 3.63) is 30.1 Å². The number of anilines is 1. The van der Waals surface area contributed by atoms with Crippen LogP contribution in [0.3, 0.4) is 0 Å². The number of carbonyl (C=O) groups excluding carboxylic acids is 1. The third-order valence-electron chi connectivity index (χ3n) is 4.01. The lowest BCUT2D eigenvalue weighted by molar-refractivity contribution is -0.121. The first kappa shape index (κ1) is 13.7. The summed E-state index contributed by atoms with van der Waals surface area (Å²) >= 11 is 0. The molecule has 1 saturated heterocycles. The van der Waals surface area contributed by atoms with Gasteiger partial charge < -0.3 is 10.6 Å². The van der Waals surface area contributed by atoms with Gasteiger partial charge >= 0.3 is 0 Å². The van der Waals surface area contributed by atoms with Crippen molar-refractivity contribution in [1.29, 1.82) is 0 Å². The van der Waals surface area contributed by atoms with Crippen LogP contribution < -0.4 is 10.6 Å². The van der Waals surface area contributed by atoms with Gasteiger partial charge in [-0.05, 0) is 54.1 Å². The van der Waals surface area contributed by atoms with Crippen LogP contribution in [0.15, 0.2) is 24.5 Å². The molecule has 7 heteroatoms. The zero-order chi connectivity index (χ0) is 14.8. The molecule has 0 aliphatic carbocycles.